The molecule has 0 heterocycles. The fourth-order valence-corrected chi connectivity index (χ4v) is 3.80. The van der Waals surface area contributed by atoms with Crippen LogP contribution in [0.1, 0.15) is 25.3 Å². The van der Waals surface area contributed by atoms with Crippen molar-refractivity contribution in [1.82, 2.24) is 0 Å². The third-order valence-electron chi connectivity index (χ3n) is 1.95. The van der Waals surface area contributed by atoms with Gasteiger partial charge in [0.2, 0.25) is 0 Å². The van der Waals surface area contributed by atoms with Gasteiger partial charge in [0, 0.05) is 0 Å². The first-order valence-corrected chi connectivity index (χ1v) is 7.83. The molecular weight excluding hydrogens is 288 g/mol. The second kappa shape index (κ2) is 7.04. The summed E-state index contributed by atoms with van der Waals surface area (Å²) in [4.78, 5) is 11.5. The molecule has 0 aliphatic rings. The van der Waals surface area contributed by atoms with Gasteiger partial charge in [0.1, 0.15) is 0 Å². The third kappa shape index (κ3) is 4.79. The van der Waals surface area contributed by atoms with Gasteiger partial charge < -0.3 is 0 Å². The molecule has 14 heavy (non-hydrogen) atoms. The van der Waals surface area contributed by atoms with Crippen molar-refractivity contribution in [1.29, 1.82) is 0 Å². The fraction of sp³-hybridized carbons (Fsp3) is 0.417. The zero-order valence-electron chi connectivity index (χ0n) is 8.53. The van der Waals surface area contributed by atoms with Crippen molar-refractivity contribution in [2.45, 2.75) is 30.7 Å². The Morgan fingerprint density at radius 2 is 2.00 bits per heavy atom. The topological polar surface area (TPSA) is 17.1 Å². The molecule has 0 saturated carbocycles. The zero-order chi connectivity index (χ0) is 10.2. The molecule has 0 radical (unpaired) electrons. The van der Waals surface area contributed by atoms with Gasteiger partial charge in [-0.15, -0.1) is 0 Å². The van der Waals surface area contributed by atoms with E-state index in [-0.39, 0.29) is 20.9 Å². The molecule has 0 fully saturated rings. The molecule has 0 saturated heterocycles. The Bertz CT molecular complexity index is 269. The van der Waals surface area contributed by atoms with E-state index in [4.69, 9.17) is 0 Å². The van der Waals surface area contributed by atoms with Crippen molar-refractivity contribution in [2.75, 3.05) is 0 Å². The minimum absolute atomic E-state index is 0.381. The van der Waals surface area contributed by atoms with Crippen LogP contribution in [-0.4, -0.2) is 24.8 Å². The van der Waals surface area contributed by atoms with Gasteiger partial charge in [0.25, 0.3) is 0 Å². The van der Waals surface area contributed by atoms with Crippen molar-refractivity contribution in [3.63, 3.8) is 0 Å². The standard InChI is InChI=1S/C12H16OTe/c1-2-3-9-14-12(13)10-11-7-5-4-6-8-11/h4-8H,2-3,9-10H2,1H3. The van der Waals surface area contributed by atoms with E-state index in [1.165, 1.54) is 22.9 Å². The van der Waals surface area contributed by atoms with Gasteiger partial charge in [-0.1, -0.05) is 0 Å². The normalized spacial score (nSPS) is 10.1. The van der Waals surface area contributed by atoms with Gasteiger partial charge in [-0.2, -0.15) is 0 Å². The van der Waals surface area contributed by atoms with E-state index in [0.717, 1.165) is 0 Å². The van der Waals surface area contributed by atoms with Gasteiger partial charge in [0.05, 0.1) is 0 Å². The number of rotatable bonds is 6. The first-order valence-electron chi connectivity index (χ1n) is 5.02. The molecule has 1 aromatic rings. The number of carbonyl (C=O) groups is 1. The van der Waals surface area contributed by atoms with E-state index in [1.54, 1.807) is 0 Å². The molecule has 0 bridgehead atoms. The molecule has 0 spiro atoms. The quantitative estimate of drug-likeness (QED) is 0.583. The predicted molar refractivity (Wildman–Crippen MR) is 60.6 cm³/mol. The van der Waals surface area contributed by atoms with Gasteiger partial charge in [-0.3, -0.25) is 0 Å². The van der Waals surface area contributed by atoms with Crippen molar-refractivity contribution in [3.8, 4) is 0 Å². The van der Waals surface area contributed by atoms with E-state index in [9.17, 15) is 4.79 Å². The summed E-state index contributed by atoms with van der Waals surface area (Å²) in [5, 5.41) is 0. The Kier molecular flexibility index (Phi) is 5.91. The van der Waals surface area contributed by atoms with Crippen LogP contribution >= 0.6 is 0 Å². The van der Waals surface area contributed by atoms with Crippen molar-refractivity contribution < 1.29 is 4.79 Å². The molecule has 0 unspecified atom stereocenters. The average molecular weight is 304 g/mol. The predicted octanol–water partition coefficient (Wildman–Crippen LogP) is 2.68. The van der Waals surface area contributed by atoms with E-state index in [0.29, 0.717) is 10.3 Å². The van der Waals surface area contributed by atoms with Crippen LogP contribution in [0.15, 0.2) is 30.3 Å². The first-order chi connectivity index (χ1) is 6.83. The molecule has 0 aromatic heterocycles. The summed E-state index contributed by atoms with van der Waals surface area (Å²) in [6.07, 6.45) is 3.10. The molecular formula is C12H16OTe. The van der Waals surface area contributed by atoms with Crippen LogP contribution in [0.2, 0.25) is 4.47 Å². The van der Waals surface area contributed by atoms with Crippen molar-refractivity contribution in [2.24, 2.45) is 0 Å². The Balaban J connectivity index is 2.27. The number of hydrogen-bond donors (Lipinski definition) is 0. The number of carbonyl (C=O) groups excluding carboxylic acids is 1. The number of unbranched alkanes of at least 4 members (excludes halogenated alkanes) is 1. The fourth-order valence-electron chi connectivity index (χ4n) is 1.14. The van der Waals surface area contributed by atoms with Crippen LogP contribution in [0.3, 0.4) is 0 Å². The molecule has 0 amide bonds. The van der Waals surface area contributed by atoms with Gasteiger partial charge in [-0.05, 0) is 0 Å². The van der Waals surface area contributed by atoms with E-state index >= 15 is 0 Å². The van der Waals surface area contributed by atoms with E-state index in [1.807, 2.05) is 30.3 Å². The molecule has 76 valence electrons. The second-order valence-corrected chi connectivity index (χ2v) is 6.53. The minimum atomic E-state index is -0.381. The Hall–Kier alpha value is -0.320. The van der Waals surface area contributed by atoms with Crippen LogP contribution in [0, 0.1) is 0 Å². The summed E-state index contributed by atoms with van der Waals surface area (Å²) < 4.78 is 1.67. The molecule has 0 atom stereocenters. The second-order valence-electron chi connectivity index (χ2n) is 3.24. The maximum atomic E-state index is 11.5. The van der Waals surface area contributed by atoms with E-state index in [2.05, 4.69) is 6.92 Å². The SMILES string of the molecule is CCCC[Te]C(=O)Cc1ccccc1. The summed E-state index contributed by atoms with van der Waals surface area (Å²) in [6.45, 7) is 2.18. The van der Waals surface area contributed by atoms with Gasteiger partial charge in [-0.25, -0.2) is 0 Å². The Morgan fingerprint density at radius 1 is 1.29 bits per heavy atom. The van der Waals surface area contributed by atoms with Crippen LogP contribution in [0.5, 0.6) is 0 Å². The number of hydrogen-bond acceptors (Lipinski definition) is 1. The molecule has 0 aliphatic heterocycles. The Morgan fingerprint density at radius 3 is 2.64 bits per heavy atom. The summed E-state index contributed by atoms with van der Waals surface area (Å²) in [5.41, 5.74) is 1.17. The molecule has 1 aromatic carbocycles. The summed E-state index contributed by atoms with van der Waals surface area (Å²) in [7, 11) is 0. The summed E-state index contributed by atoms with van der Waals surface area (Å²) in [6, 6.07) is 10.0. The van der Waals surface area contributed by atoms with Crippen molar-refractivity contribution in [3.05, 3.63) is 35.9 Å². The Labute approximate surface area is 96.0 Å². The average Bonchev–Trinajstić information content (AvgIpc) is 2.20. The van der Waals surface area contributed by atoms with Crippen LogP contribution in [0.4, 0.5) is 0 Å². The van der Waals surface area contributed by atoms with Crippen LogP contribution in [0.25, 0.3) is 0 Å². The molecule has 1 rings (SSSR count). The summed E-state index contributed by atoms with van der Waals surface area (Å²) in [5.74, 6) is 0. The van der Waals surface area contributed by atoms with E-state index < -0.39 is 0 Å². The number of benzene rings is 1. The van der Waals surface area contributed by atoms with Crippen LogP contribution < -0.4 is 0 Å². The van der Waals surface area contributed by atoms with Crippen LogP contribution in [-0.2, 0) is 11.2 Å². The van der Waals surface area contributed by atoms with Crippen molar-refractivity contribution >= 4 is 24.8 Å². The first kappa shape index (κ1) is 11.8. The molecule has 0 aliphatic carbocycles. The van der Waals surface area contributed by atoms with Gasteiger partial charge >= 0.3 is 96.1 Å². The summed E-state index contributed by atoms with van der Waals surface area (Å²) >= 11 is -0.381. The monoisotopic (exact) mass is 306 g/mol. The van der Waals surface area contributed by atoms with Gasteiger partial charge in [0.15, 0.2) is 0 Å². The molecule has 0 N–H and O–H groups in total. The third-order valence-corrected chi connectivity index (χ3v) is 4.69. The molecule has 1 nitrogen and oxygen atoms in total. The molecule has 2 heteroatoms. The zero-order valence-corrected chi connectivity index (χ0v) is 10.9. The maximum absolute atomic E-state index is 11.5.